The summed E-state index contributed by atoms with van der Waals surface area (Å²) in [6.45, 7) is 3.22. The summed E-state index contributed by atoms with van der Waals surface area (Å²) in [5.74, 6) is 1.40. The summed E-state index contributed by atoms with van der Waals surface area (Å²) in [6, 6.07) is 8.30. The smallest absolute Gasteiger partial charge is 0.317 e. The van der Waals surface area contributed by atoms with Gasteiger partial charge in [0.15, 0.2) is 0 Å². The number of urea groups is 1. The van der Waals surface area contributed by atoms with E-state index in [0.717, 1.165) is 57.7 Å². The predicted octanol–water partition coefficient (Wildman–Crippen LogP) is 2.97. The highest BCUT2D eigenvalue weighted by molar-refractivity contribution is 5.75. The fourth-order valence-electron chi connectivity index (χ4n) is 3.47. The third-order valence-corrected chi connectivity index (χ3v) is 4.90. The van der Waals surface area contributed by atoms with Gasteiger partial charge in [-0.15, -0.1) is 0 Å². The third-order valence-electron chi connectivity index (χ3n) is 4.90. The first-order chi connectivity index (χ1) is 11.3. The van der Waals surface area contributed by atoms with Crippen molar-refractivity contribution in [3.8, 4) is 5.75 Å². The minimum atomic E-state index is 0.0646. The van der Waals surface area contributed by atoms with Crippen molar-refractivity contribution in [3.63, 3.8) is 0 Å². The van der Waals surface area contributed by atoms with E-state index >= 15 is 0 Å². The second-order valence-corrected chi connectivity index (χ2v) is 6.37. The molecule has 1 aromatic carbocycles. The van der Waals surface area contributed by atoms with Gasteiger partial charge in [-0.1, -0.05) is 12.1 Å². The van der Waals surface area contributed by atoms with Gasteiger partial charge in [0.1, 0.15) is 5.75 Å². The van der Waals surface area contributed by atoms with Gasteiger partial charge in [0.05, 0.1) is 13.2 Å². The number of rotatable bonds is 4. The predicted molar refractivity (Wildman–Crippen MR) is 88.6 cm³/mol. The van der Waals surface area contributed by atoms with E-state index in [9.17, 15) is 4.79 Å². The number of nitrogens with one attached hydrogen (secondary N) is 1. The number of nitrogens with zero attached hydrogens (tertiary/aromatic N) is 1. The topological polar surface area (TPSA) is 50.8 Å². The molecule has 2 heterocycles. The van der Waals surface area contributed by atoms with Crippen LogP contribution in [0.2, 0.25) is 0 Å². The molecular weight excluding hydrogens is 292 g/mol. The molecule has 0 radical (unpaired) electrons. The van der Waals surface area contributed by atoms with Crippen molar-refractivity contribution >= 4 is 6.03 Å². The summed E-state index contributed by atoms with van der Waals surface area (Å²) < 4.78 is 10.6. The molecule has 0 spiro atoms. The molecule has 2 saturated heterocycles. The van der Waals surface area contributed by atoms with Crippen LogP contribution in [0.5, 0.6) is 5.75 Å². The first kappa shape index (κ1) is 16.1. The number of hydrogen-bond donors (Lipinski definition) is 1. The molecule has 2 amide bonds. The van der Waals surface area contributed by atoms with Crippen LogP contribution in [0.15, 0.2) is 24.3 Å². The number of carbonyl (C=O) groups excluding carboxylic acids is 1. The minimum absolute atomic E-state index is 0.0646. The zero-order valence-corrected chi connectivity index (χ0v) is 13.8. The maximum atomic E-state index is 12.6. The number of ether oxygens (including phenoxy) is 2. The van der Waals surface area contributed by atoms with E-state index in [0.29, 0.717) is 5.92 Å². The van der Waals surface area contributed by atoms with Crippen molar-refractivity contribution in [3.05, 3.63) is 29.8 Å². The molecule has 0 saturated carbocycles. The molecule has 0 aromatic heterocycles. The average Bonchev–Trinajstić information content (AvgIpc) is 3.10. The number of amides is 2. The van der Waals surface area contributed by atoms with Crippen LogP contribution in [0.3, 0.4) is 0 Å². The summed E-state index contributed by atoms with van der Waals surface area (Å²) in [4.78, 5) is 14.5. The Morgan fingerprint density at radius 3 is 2.70 bits per heavy atom. The Bertz CT molecular complexity index is 512. The molecule has 1 aromatic rings. The van der Waals surface area contributed by atoms with E-state index in [1.165, 1.54) is 5.56 Å². The van der Waals surface area contributed by atoms with Crippen LogP contribution in [-0.4, -0.2) is 44.3 Å². The second-order valence-electron chi connectivity index (χ2n) is 6.37. The number of carbonyl (C=O) groups is 1. The molecule has 23 heavy (non-hydrogen) atoms. The normalized spacial score (nSPS) is 22.1. The molecule has 1 unspecified atom stereocenters. The van der Waals surface area contributed by atoms with Crippen LogP contribution < -0.4 is 10.1 Å². The fraction of sp³-hybridized carbons (Fsp3) is 0.611. The molecule has 2 aliphatic rings. The first-order valence-corrected chi connectivity index (χ1v) is 8.54. The van der Waals surface area contributed by atoms with E-state index in [1.54, 1.807) is 7.11 Å². The Labute approximate surface area is 137 Å². The maximum Gasteiger partial charge on any atom is 0.317 e. The van der Waals surface area contributed by atoms with Crippen LogP contribution in [0.1, 0.15) is 37.3 Å². The Morgan fingerprint density at radius 1 is 1.26 bits per heavy atom. The second kappa shape index (κ2) is 7.68. The van der Waals surface area contributed by atoms with Gasteiger partial charge in [0.25, 0.3) is 0 Å². The summed E-state index contributed by atoms with van der Waals surface area (Å²) in [5, 5.41) is 3.12. The Morgan fingerprint density at radius 2 is 2.00 bits per heavy atom. The molecule has 2 fully saturated rings. The third kappa shape index (κ3) is 3.96. The largest absolute Gasteiger partial charge is 0.497 e. The van der Waals surface area contributed by atoms with E-state index < -0.39 is 0 Å². The molecular formula is C18H26N2O3. The van der Waals surface area contributed by atoms with E-state index in [-0.39, 0.29) is 12.1 Å². The summed E-state index contributed by atoms with van der Waals surface area (Å²) in [6.07, 6.45) is 4.17. The quantitative estimate of drug-likeness (QED) is 0.928. The van der Waals surface area contributed by atoms with E-state index in [4.69, 9.17) is 9.47 Å². The molecule has 2 aliphatic heterocycles. The Hall–Kier alpha value is -1.75. The number of hydrogen-bond acceptors (Lipinski definition) is 3. The van der Waals surface area contributed by atoms with Crippen LogP contribution in [0.25, 0.3) is 0 Å². The molecule has 0 aliphatic carbocycles. The SMILES string of the molecule is COc1ccc(C2CCCN2C(=O)NCC2CCOCC2)cc1. The van der Waals surface area contributed by atoms with Crippen molar-refractivity contribution in [2.45, 2.75) is 31.7 Å². The molecule has 126 valence electrons. The van der Waals surface area contributed by atoms with Gasteiger partial charge in [-0.05, 0) is 49.3 Å². The van der Waals surface area contributed by atoms with Crippen molar-refractivity contribution in [2.24, 2.45) is 5.92 Å². The number of methoxy groups -OCH3 is 1. The zero-order valence-electron chi connectivity index (χ0n) is 13.8. The molecule has 5 heteroatoms. The van der Waals surface area contributed by atoms with Gasteiger partial charge in [-0.3, -0.25) is 0 Å². The monoisotopic (exact) mass is 318 g/mol. The lowest BCUT2D eigenvalue weighted by molar-refractivity contribution is 0.0663. The number of likely N-dealkylation sites (tertiary alicyclic amines) is 1. The number of benzene rings is 1. The summed E-state index contributed by atoms with van der Waals surface area (Å²) >= 11 is 0. The van der Waals surface area contributed by atoms with Gasteiger partial charge < -0.3 is 19.7 Å². The van der Waals surface area contributed by atoms with Gasteiger partial charge in [0.2, 0.25) is 0 Å². The van der Waals surface area contributed by atoms with Crippen molar-refractivity contribution in [2.75, 3.05) is 33.4 Å². The van der Waals surface area contributed by atoms with E-state index in [2.05, 4.69) is 17.4 Å². The standard InChI is InChI=1S/C18H26N2O3/c1-22-16-6-4-15(5-7-16)17-3-2-10-20(17)18(21)19-13-14-8-11-23-12-9-14/h4-7,14,17H,2-3,8-13H2,1H3,(H,19,21). The lowest BCUT2D eigenvalue weighted by Gasteiger charge is -2.28. The van der Waals surface area contributed by atoms with Gasteiger partial charge in [-0.2, -0.15) is 0 Å². The van der Waals surface area contributed by atoms with Crippen LogP contribution in [-0.2, 0) is 4.74 Å². The van der Waals surface area contributed by atoms with Crippen molar-refractivity contribution < 1.29 is 14.3 Å². The van der Waals surface area contributed by atoms with Crippen molar-refractivity contribution in [1.82, 2.24) is 10.2 Å². The first-order valence-electron chi connectivity index (χ1n) is 8.54. The maximum absolute atomic E-state index is 12.6. The molecule has 0 bridgehead atoms. The zero-order chi connectivity index (χ0) is 16.1. The Balaban J connectivity index is 1.57. The van der Waals surface area contributed by atoms with Crippen LogP contribution in [0.4, 0.5) is 4.79 Å². The lowest BCUT2D eigenvalue weighted by Crippen LogP contribution is -2.42. The highest BCUT2D eigenvalue weighted by atomic mass is 16.5. The summed E-state index contributed by atoms with van der Waals surface area (Å²) in [7, 11) is 1.67. The molecule has 1 atom stereocenters. The summed E-state index contributed by atoms with van der Waals surface area (Å²) in [5.41, 5.74) is 1.18. The van der Waals surface area contributed by atoms with Gasteiger partial charge in [0, 0.05) is 26.3 Å². The van der Waals surface area contributed by atoms with Gasteiger partial charge >= 0.3 is 6.03 Å². The molecule has 3 rings (SSSR count). The van der Waals surface area contributed by atoms with Crippen LogP contribution in [0, 0.1) is 5.92 Å². The minimum Gasteiger partial charge on any atom is -0.497 e. The lowest BCUT2D eigenvalue weighted by atomic mass is 10.0. The highest BCUT2D eigenvalue weighted by Crippen LogP contribution is 2.32. The average molecular weight is 318 g/mol. The molecule has 5 nitrogen and oxygen atoms in total. The van der Waals surface area contributed by atoms with Crippen molar-refractivity contribution in [1.29, 1.82) is 0 Å². The highest BCUT2D eigenvalue weighted by Gasteiger charge is 2.30. The molecule has 1 N–H and O–H groups in total. The van der Waals surface area contributed by atoms with Crippen LogP contribution >= 0.6 is 0 Å². The Kier molecular flexibility index (Phi) is 5.39. The van der Waals surface area contributed by atoms with E-state index in [1.807, 2.05) is 17.0 Å². The van der Waals surface area contributed by atoms with Gasteiger partial charge in [-0.25, -0.2) is 4.79 Å². The fourth-order valence-corrected chi connectivity index (χ4v) is 3.47.